The zero-order chi connectivity index (χ0) is 13.1. The normalized spacial score (nSPS) is 23.5. The van der Waals surface area contributed by atoms with Crippen LogP contribution in [0.2, 0.25) is 0 Å². The van der Waals surface area contributed by atoms with Gasteiger partial charge in [-0.2, -0.15) is 0 Å². The summed E-state index contributed by atoms with van der Waals surface area (Å²) in [6.45, 7) is 9.12. The Morgan fingerprint density at radius 1 is 1.35 bits per heavy atom. The van der Waals surface area contributed by atoms with Crippen LogP contribution in [0, 0.1) is 0 Å². The quantitative estimate of drug-likeness (QED) is 0.683. The average Bonchev–Trinajstić information content (AvgIpc) is 3.10. The summed E-state index contributed by atoms with van der Waals surface area (Å²) in [6, 6.07) is 1.75. The molecule has 1 saturated carbocycles. The van der Waals surface area contributed by atoms with Gasteiger partial charge >= 0.3 is 0 Å². The van der Waals surface area contributed by atoms with Crippen molar-refractivity contribution in [1.29, 1.82) is 0 Å². The van der Waals surface area contributed by atoms with Crippen molar-refractivity contribution in [2.75, 3.05) is 13.7 Å². The molecule has 1 aliphatic rings. The van der Waals surface area contributed by atoms with Crippen molar-refractivity contribution >= 4 is 0 Å². The van der Waals surface area contributed by atoms with Crippen molar-refractivity contribution in [3.8, 4) is 0 Å². The largest absolute Gasteiger partial charge is 0.394 e. The monoisotopic (exact) mass is 242 g/mol. The molecule has 3 atom stereocenters. The maximum absolute atomic E-state index is 9.61. The smallest absolute Gasteiger partial charge is 0.0611 e. The van der Waals surface area contributed by atoms with Gasteiger partial charge in [0.15, 0.2) is 0 Å². The predicted molar refractivity (Wildman–Crippen MR) is 73.2 cm³/mol. The minimum atomic E-state index is -0.123. The first-order valence-electron chi connectivity index (χ1n) is 7.02. The van der Waals surface area contributed by atoms with Gasteiger partial charge in [-0.1, -0.05) is 6.92 Å². The van der Waals surface area contributed by atoms with Gasteiger partial charge in [0.2, 0.25) is 0 Å². The molecule has 0 aliphatic heterocycles. The number of rotatable bonds is 8. The van der Waals surface area contributed by atoms with Crippen molar-refractivity contribution in [2.45, 2.75) is 77.0 Å². The second-order valence-corrected chi connectivity index (χ2v) is 6.11. The molecule has 2 N–H and O–H groups in total. The Hall–Kier alpha value is -0.120. The topological polar surface area (TPSA) is 35.5 Å². The number of hydrogen-bond acceptors (Lipinski definition) is 3. The second kappa shape index (κ2) is 6.17. The molecule has 0 amide bonds. The van der Waals surface area contributed by atoms with Gasteiger partial charge in [0, 0.05) is 23.7 Å². The van der Waals surface area contributed by atoms with E-state index in [2.05, 4.69) is 45.0 Å². The fourth-order valence-electron chi connectivity index (χ4n) is 2.41. The summed E-state index contributed by atoms with van der Waals surface area (Å²) in [5, 5.41) is 13.2. The van der Waals surface area contributed by atoms with Crippen molar-refractivity contribution in [3.05, 3.63) is 0 Å². The van der Waals surface area contributed by atoms with Crippen LogP contribution >= 0.6 is 0 Å². The summed E-state index contributed by atoms with van der Waals surface area (Å²) in [7, 11) is 2.19. The van der Waals surface area contributed by atoms with Crippen LogP contribution in [0.4, 0.5) is 0 Å². The molecule has 1 rings (SSSR count). The predicted octanol–water partition coefficient (Wildman–Crippen LogP) is 2.00. The lowest BCUT2D eigenvalue weighted by atomic mass is 9.93. The zero-order valence-electron chi connectivity index (χ0n) is 12.2. The molecule has 3 nitrogen and oxygen atoms in total. The third-order valence-electron chi connectivity index (χ3n) is 4.21. The molecule has 0 spiro atoms. The second-order valence-electron chi connectivity index (χ2n) is 6.11. The standard InChI is InChI=1S/C14H30N2O/c1-6-11(2)16(5)12(3)9-14(4,10-17)15-13-7-8-13/h11-13,15,17H,6-10H2,1-5H3. The van der Waals surface area contributed by atoms with Crippen LogP contribution in [0.3, 0.4) is 0 Å². The van der Waals surface area contributed by atoms with E-state index >= 15 is 0 Å². The van der Waals surface area contributed by atoms with Crippen LogP contribution < -0.4 is 5.32 Å². The molecular weight excluding hydrogens is 212 g/mol. The first-order chi connectivity index (χ1) is 7.91. The van der Waals surface area contributed by atoms with E-state index in [1.54, 1.807) is 0 Å². The molecule has 0 radical (unpaired) electrons. The Labute approximate surface area is 107 Å². The van der Waals surface area contributed by atoms with E-state index in [1.807, 2.05) is 0 Å². The molecular formula is C14H30N2O. The lowest BCUT2D eigenvalue weighted by Crippen LogP contribution is -2.52. The van der Waals surface area contributed by atoms with Crippen molar-refractivity contribution in [3.63, 3.8) is 0 Å². The van der Waals surface area contributed by atoms with Gasteiger partial charge in [-0.05, 0) is 53.5 Å². The summed E-state index contributed by atoms with van der Waals surface area (Å²) < 4.78 is 0. The van der Waals surface area contributed by atoms with Crippen LogP contribution in [-0.2, 0) is 0 Å². The molecule has 3 unspecified atom stereocenters. The molecule has 0 saturated heterocycles. The molecule has 0 aromatic heterocycles. The van der Waals surface area contributed by atoms with Crippen LogP contribution in [0.15, 0.2) is 0 Å². The highest BCUT2D eigenvalue weighted by atomic mass is 16.3. The highest BCUT2D eigenvalue weighted by Crippen LogP contribution is 2.25. The van der Waals surface area contributed by atoms with Crippen LogP contribution in [0.1, 0.15) is 53.4 Å². The van der Waals surface area contributed by atoms with E-state index in [0.717, 1.165) is 6.42 Å². The van der Waals surface area contributed by atoms with Gasteiger partial charge in [0.05, 0.1) is 6.61 Å². The lowest BCUT2D eigenvalue weighted by molar-refractivity contribution is 0.107. The molecule has 1 aliphatic carbocycles. The van der Waals surface area contributed by atoms with E-state index in [-0.39, 0.29) is 12.1 Å². The molecule has 1 fully saturated rings. The number of hydrogen-bond donors (Lipinski definition) is 2. The molecule has 0 bridgehead atoms. The van der Waals surface area contributed by atoms with Crippen molar-refractivity contribution in [1.82, 2.24) is 10.2 Å². The number of aliphatic hydroxyl groups is 1. The number of nitrogens with one attached hydrogen (secondary N) is 1. The molecule has 0 aromatic carbocycles. The SMILES string of the molecule is CCC(C)N(C)C(C)CC(C)(CO)NC1CC1. The Kier molecular flexibility index (Phi) is 5.42. The highest BCUT2D eigenvalue weighted by molar-refractivity contribution is 4.94. The highest BCUT2D eigenvalue weighted by Gasteiger charge is 2.34. The van der Waals surface area contributed by atoms with E-state index in [0.29, 0.717) is 18.1 Å². The Bertz CT molecular complexity index is 230. The zero-order valence-corrected chi connectivity index (χ0v) is 12.2. The first kappa shape index (κ1) is 14.9. The number of nitrogens with zero attached hydrogens (tertiary/aromatic N) is 1. The maximum Gasteiger partial charge on any atom is 0.0611 e. The van der Waals surface area contributed by atoms with Crippen LogP contribution in [-0.4, -0.2) is 47.3 Å². The van der Waals surface area contributed by atoms with E-state index in [9.17, 15) is 5.11 Å². The van der Waals surface area contributed by atoms with Gasteiger partial charge < -0.3 is 15.3 Å². The Morgan fingerprint density at radius 3 is 2.35 bits per heavy atom. The summed E-state index contributed by atoms with van der Waals surface area (Å²) in [6.07, 6.45) is 4.71. The Balaban J connectivity index is 2.47. The molecule has 17 heavy (non-hydrogen) atoms. The third kappa shape index (κ3) is 4.57. The number of aliphatic hydroxyl groups excluding tert-OH is 1. The van der Waals surface area contributed by atoms with E-state index < -0.39 is 0 Å². The molecule has 3 heteroatoms. The Morgan fingerprint density at radius 2 is 1.94 bits per heavy atom. The van der Waals surface area contributed by atoms with E-state index in [1.165, 1.54) is 19.3 Å². The molecule has 0 heterocycles. The summed E-state index contributed by atoms with van der Waals surface area (Å²) >= 11 is 0. The maximum atomic E-state index is 9.61. The van der Waals surface area contributed by atoms with Crippen molar-refractivity contribution < 1.29 is 5.11 Å². The van der Waals surface area contributed by atoms with Gasteiger partial charge in [-0.25, -0.2) is 0 Å². The molecule has 102 valence electrons. The van der Waals surface area contributed by atoms with Crippen LogP contribution in [0.5, 0.6) is 0 Å². The van der Waals surface area contributed by atoms with E-state index in [4.69, 9.17) is 0 Å². The van der Waals surface area contributed by atoms with Crippen molar-refractivity contribution in [2.24, 2.45) is 0 Å². The first-order valence-corrected chi connectivity index (χ1v) is 7.02. The average molecular weight is 242 g/mol. The minimum Gasteiger partial charge on any atom is -0.394 e. The van der Waals surface area contributed by atoms with Gasteiger partial charge in [-0.15, -0.1) is 0 Å². The van der Waals surface area contributed by atoms with Gasteiger partial charge in [-0.3, -0.25) is 0 Å². The third-order valence-corrected chi connectivity index (χ3v) is 4.21. The van der Waals surface area contributed by atoms with Gasteiger partial charge in [0.25, 0.3) is 0 Å². The fourth-order valence-corrected chi connectivity index (χ4v) is 2.41. The van der Waals surface area contributed by atoms with Gasteiger partial charge in [0.1, 0.15) is 0 Å². The summed E-state index contributed by atoms with van der Waals surface area (Å²) in [5.41, 5.74) is -0.123. The summed E-state index contributed by atoms with van der Waals surface area (Å²) in [5.74, 6) is 0. The summed E-state index contributed by atoms with van der Waals surface area (Å²) in [4.78, 5) is 2.42. The fraction of sp³-hybridized carbons (Fsp3) is 1.00. The lowest BCUT2D eigenvalue weighted by Gasteiger charge is -2.37. The minimum absolute atomic E-state index is 0.123. The van der Waals surface area contributed by atoms with Crippen LogP contribution in [0.25, 0.3) is 0 Å². The molecule has 0 aromatic rings.